The van der Waals surface area contributed by atoms with Crippen LogP contribution in [0.4, 0.5) is 11.4 Å². The molecule has 1 fully saturated rings. The normalized spacial score (nSPS) is 20.6. The van der Waals surface area contributed by atoms with Gasteiger partial charge in [-0.3, -0.25) is 19.4 Å². The Balaban J connectivity index is 1.49. The number of nitrogens with one attached hydrogen (secondary N) is 1. The average Bonchev–Trinajstić information content (AvgIpc) is 3.17. The van der Waals surface area contributed by atoms with Crippen molar-refractivity contribution in [1.29, 1.82) is 0 Å². The SMILES string of the molecule is O=C(CN1N=N[C@@H]2C(=O)N(c3cccc(Cl)c3)C(=O)[C@@H]21)Nc1ccc(Cl)cc1. The van der Waals surface area contributed by atoms with E-state index < -0.39 is 29.8 Å². The number of hydrogen-bond donors (Lipinski definition) is 1. The topological polar surface area (TPSA) is 94.4 Å². The first kappa shape index (κ1) is 18.4. The van der Waals surface area contributed by atoms with E-state index in [0.29, 0.717) is 21.4 Å². The molecule has 0 aliphatic carbocycles. The summed E-state index contributed by atoms with van der Waals surface area (Å²) in [5.74, 6) is -1.40. The fourth-order valence-corrected chi connectivity index (χ4v) is 3.41. The highest BCUT2D eigenvalue weighted by atomic mass is 35.5. The highest BCUT2D eigenvalue weighted by molar-refractivity contribution is 6.32. The molecule has 0 bridgehead atoms. The lowest BCUT2D eigenvalue weighted by Crippen LogP contribution is -2.43. The van der Waals surface area contributed by atoms with Gasteiger partial charge >= 0.3 is 0 Å². The van der Waals surface area contributed by atoms with Crippen LogP contribution in [0, 0.1) is 0 Å². The molecule has 2 aromatic rings. The smallest absolute Gasteiger partial charge is 0.263 e. The predicted octanol–water partition coefficient (Wildman–Crippen LogP) is 2.93. The van der Waals surface area contributed by atoms with Gasteiger partial charge in [-0.2, -0.15) is 5.11 Å². The van der Waals surface area contributed by atoms with Gasteiger partial charge < -0.3 is 5.32 Å². The van der Waals surface area contributed by atoms with Crippen molar-refractivity contribution < 1.29 is 14.4 Å². The molecule has 2 aromatic carbocycles. The van der Waals surface area contributed by atoms with E-state index in [1.807, 2.05) is 0 Å². The maximum atomic E-state index is 12.9. The third-order valence-corrected chi connectivity index (χ3v) is 4.84. The first-order valence-corrected chi connectivity index (χ1v) is 9.06. The molecule has 28 heavy (non-hydrogen) atoms. The van der Waals surface area contributed by atoms with Crippen molar-refractivity contribution in [1.82, 2.24) is 5.01 Å². The van der Waals surface area contributed by atoms with E-state index >= 15 is 0 Å². The standard InChI is InChI=1S/C18H13Cl2N5O3/c19-10-4-6-12(7-5-10)21-14(26)9-24-16-15(22-23-24)17(27)25(18(16)28)13-3-1-2-11(20)8-13/h1-8,15-16H,9H2,(H,21,26)/t15-,16+/m0/s1. The van der Waals surface area contributed by atoms with Crippen molar-refractivity contribution in [3.05, 3.63) is 58.6 Å². The van der Waals surface area contributed by atoms with Crippen LogP contribution in [0.1, 0.15) is 0 Å². The van der Waals surface area contributed by atoms with Crippen LogP contribution in [0.15, 0.2) is 58.9 Å². The fourth-order valence-electron chi connectivity index (χ4n) is 3.10. The summed E-state index contributed by atoms with van der Waals surface area (Å²) in [7, 11) is 0. The lowest BCUT2D eigenvalue weighted by atomic mass is 10.1. The molecule has 2 atom stereocenters. The molecule has 0 radical (unpaired) electrons. The van der Waals surface area contributed by atoms with Gasteiger partial charge in [-0.1, -0.05) is 34.5 Å². The maximum absolute atomic E-state index is 12.9. The maximum Gasteiger partial charge on any atom is 0.263 e. The molecule has 0 saturated carbocycles. The summed E-state index contributed by atoms with van der Waals surface area (Å²) < 4.78 is 0. The van der Waals surface area contributed by atoms with Gasteiger partial charge in [0.25, 0.3) is 11.8 Å². The van der Waals surface area contributed by atoms with E-state index in [-0.39, 0.29) is 6.54 Å². The fraction of sp³-hybridized carbons (Fsp3) is 0.167. The van der Waals surface area contributed by atoms with Crippen molar-refractivity contribution in [2.75, 3.05) is 16.8 Å². The van der Waals surface area contributed by atoms with Crippen LogP contribution in [0.3, 0.4) is 0 Å². The Labute approximate surface area is 169 Å². The third kappa shape index (κ3) is 3.32. The first-order chi connectivity index (χ1) is 13.4. The summed E-state index contributed by atoms with van der Waals surface area (Å²) in [5, 5.41) is 12.6. The summed E-state index contributed by atoms with van der Waals surface area (Å²) in [6, 6.07) is 11.1. The molecular weight excluding hydrogens is 405 g/mol. The largest absolute Gasteiger partial charge is 0.324 e. The van der Waals surface area contributed by atoms with E-state index in [4.69, 9.17) is 23.2 Å². The van der Waals surface area contributed by atoms with Crippen molar-refractivity contribution in [3.8, 4) is 0 Å². The number of carbonyl (C=O) groups is 3. The number of nitrogens with zero attached hydrogens (tertiary/aromatic N) is 4. The number of anilines is 2. The second-order valence-electron chi connectivity index (χ2n) is 6.24. The molecule has 2 aliphatic heterocycles. The van der Waals surface area contributed by atoms with Crippen LogP contribution >= 0.6 is 23.2 Å². The molecule has 3 amide bonds. The van der Waals surface area contributed by atoms with Crippen LogP contribution in [0.2, 0.25) is 10.0 Å². The number of rotatable bonds is 4. The summed E-state index contributed by atoms with van der Waals surface area (Å²) in [5.41, 5.74) is 0.911. The Morgan fingerprint density at radius 2 is 1.79 bits per heavy atom. The van der Waals surface area contributed by atoms with Crippen molar-refractivity contribution in [2.45, 2.75) is 12.1 Å². The van der Waals surface area contributed by atoms with Crippen LogP contribution in [-0.2, 0) is 14.4 Å². The van der Waals surface area contributed by atoms with Gasteiger partial charge in [0.05, 0.1) is 5.69 Å². The Hall–Kier alpha value is -2.97. The van der Waals surface area contributed by atoms with Crippen molar-refractivity contribution >= 4 is 52.3 Å². The van der Waals surface area contributed by atoms with E-state index in [1.54, 1.807) is 42.5 Å². The van der Waals surface area contributed by atoms with Crippen LogP contribution in [-0.4, -0.2) is 41.4 Å². The molecule has 8 nitrogen and oxygen atoms in total. The summed E-state index contributed by atoms with van der Waals surface area (Å²) in [4.78, 5) is 38.8. The Bertz CT molecular complexity index is 995. The van der Waals surface area contributed by atoms with Gasteiger partial charge in [-0.05, 0) is 42.5 Å². The zero-order valence-electron chi connectivity index (χ0n) is 14.3. The van der Waals surface area contributed by atoms with Gasteiger partial charge in [0.1, 0.15) is 6.54 Å². The molecule has 4 rings (SSSR count). The lowest BCUT2D eigenvalue weighted by Gasteiger charge is -2.20. The van der Waals surface area contributed by atoms with Crippen LogP contribution < -0.4 is 10.2 Å². The first-order valence-electron chi connectivity index (χ1n) is 8.30. The molecule has 0 unspecified atom stereocenters. The minimum Gasteiger partial charge on any atom is -0.324 e. The summed E-state index contributed by atoms with van der Waals surface area (Å²) >= 11 is 11.8. The van der Waals surface area contributed by atoms with Crippen LogP contribution in [0.5, 0.6) is 0 Å². The highest BCUT2D eigenvalue weighted by Gasteiger charge is 2.55. The van der Waals surface area contributed by atoms with Gasteiger partial charge in [-0.25, -0.2) is 4.90 Å². The molecule has 0 spiro atoms. The Kier molecular flexibility index (Phi) is 4.74. The van der Waals surface area contributed by atoms with E-state index in [0.717, 1.165) is 4.90 Å². The monoisotopic (exact) mass is 417 g/mol. The third-order valence-electron chi connectivity index (χ3n) is 4.36. The minimum absolute atomic E-state index is 0.226. The van der Waals surface area contributed by atoms with Crippen LogP contribution in [0.25, 0.3) is 0 Å². The van der Waals surface area contributed by atoms with Gasteiger partial charge in [0, 0.05) is 15.7 Å². The van der Waals surface area contributed by atoms with Gasteiger partial charge in [0.15, 0.2) is 12.1 Å². The molecular formula is C18H13Cl2N5O3. The highest BCUT2D eigenvalue weighted by Crippen LogP contribution is 2.32. The number of imide groups is 1. The van der Waals surface area contributed by atoms with Gasteiger partial charge in [0.2, 0.25) is 5.91 Å². The Morgan fingerprint density at radius 1 is 1.04 bits per heavy atom. The molecule has 142 valence electrons. The van der Waals surface area contributed by atoms with E-state index in [1.165, 1.54) is 11.1 Å². The second-order valence-corrected chi connectivity index (χ2v) is 7.11. The molecule has 0 aromatic heterocycles. The minimum atomic E-state index is -0.977. The number of hydrogen-bond acceptors (Lipinski definition) is 6. The quantitative estimate of drug-likeness (QED) is 0.773. The molecule has 2 aliphatic rings. The average molecular weight is 418 g/mol. The molecule has 1 saturated heterocycles. The Morgan fingerprint density at radius 3 is 2.50 bits per heavy atom. The van der Waals surface area contributed by atoms with Crippen molar-refractivity contribution in [2.24, 2.45) is 10.3 Å². The second kappa shape index (κ2) is 7.21. The zero-order chi connectivity index (χ0) is 19.8. The predicted molar refractivity (Wildman–Crippen MR) is 103 cm³/mol. The number of carbonyl (C=O) groups excluding carboxylic acids is 3. The van der Waals surface area contributed by atoms with Gasteiger partial charge in [-0.15, -0.1) is 0 Å². The zero-order valence-corrected chi connectivity index (χ0v) is 15.8. The lowest BCUT2D eigenvalue weighted by molar-refractivity contribution is -0.123. The number of fused-ring (bicyclic) bond motifs is 1. The van der Waals surface area contributed by atoms with E-state index in [9.17, 15) is 14.4 Å². The van der Waals surface area contributed by atoms with E-state index in [2.05, 4.69) is 15.7 Å². The molecule has 1 N–H and O–H groups in total. The summed E-state index contributed by atoms with van der Waals surface area (Å²) in [6.45, 7) is -0.226. The number of benzene rings is 2. The summed E-state index contributed by atoms with van der Waals surface area (Å²) in [6.07, 6.45) is 0. The number of amides is 3. The molecule has 10 heteroatoms. The molecule has 2 heterocycles. The van der Waals surface area contributed by atoms with Crippen molar-refractivity contribution in [3.63, 3.8) is 0 Å². The number of halogens is 2.